The lowest BCUT2D eigenvalue weighted by Gasteiger charge is -2.31. The average molecular weight is 450 g/mol. The molecule has 7 heteroatoms. The monoisotopic (exact) mass is 449 g/mol. The van der Waals surface area contributed by atoms with Crippen molar-refractivity contribution < 1.29 is 9.90 Å². The fourth-order valence-electron chi connectivity index (χ4n) is 4.18. The standard InChI is InChI=1S/C26H35N5O2/c1-17(2)28-20(5)27-13-10-19(4)24-25(21-8-6-18(3)7-9-21)29-30-26(24)22-11-14-31(15-12-22)23(33)16-32/h6-10,13,17,22,28,32H,5,11-12,14-16H2,1-4H3,(H,29,30)/b19-10+,27-13-. The Morgan fingerprint density at radius 3 is 2.61 bits per heavy atom. The van der Waals surface area contributed by atoms with Crippen molar-refractivity contribution in [1.29, 1.82) is 0 Å². The maximum Gasteiger partial charge on any atom is 0.248 e. The van der Waals surface area contributed by atoms with Gasteiger partial charge in [-0.1, -0.05) is 36.4 Å². The highest BCUT2D eigenvalue weighted by Gasteiger charge is 2.28. The van der Waals surface area contributed by atoms with Crippen molar-refractivity contribution in [3.05, 3.63) is 59.6 Å². The van der Waals surface area contributed by atoms with Crippen LogP contribution in [-0.2, 0) is 4.79 Å². The molecule has 1 aliphatic heterocycles. The number of carbonyl (C=O) groups is 1. The van der Waals surface area contributed by atoms with Gasteiger partial charge in [-0.2, -0.15) is 5.10 Å². The molecule has 33 heavy (non-hydrogen) atoms. The van der Waals surface area contributed by atoms with Gasteiger partial charge in [0.25, 0.3) is 0 Å². The van der Waals surface area contributed by atoms with Crippen molar-refractivity contribution in [2.75, 3.05) is 19.7 Å². The molecule has 3 rings (SSSR count). The van der Waals surface area contributed by atoms with Crippen LogP contribution in [0.2, 0.25) is 0 Å². The van der Waals surface area contributed by atoms with E-state index in [1.807, 2.05) is 19.9 Å². The second-order valence-corrected chi connectivity index (χ2v) is 8.91. The van der Waals surface area contributed by atoms with Gasteiger partial charge in [0.2, 0.25) is 5.91 Å². The van der Waals surface area contributed by atoms with Crippen molar-refractivity contribution in [2.24, 2.45) is 4.99 Å². The van der Waals surface area contributed by atoms with E-state index in [1.54, 1.807) is 11.1 Å². The van der Waals surface area contributed by atoms with Crippen LogP contribution in [0.15, 0.2) is 47.7 Å². The van der Waals surface area contributed by atoms with Crippen molar-refractivity contribution in [3.8, 4) is 11.3 Å². The first kappa shape index (κ1) is 24.5. The summed E-state index contributed by atoms with van der Waals surface area (Å²) in [5.74, 6) is 0.676. The molecule has 1 aliphatic rings. The second kappa shape index (κ2) is 11.1. The molecule has 2 aromatic rings. The predicted octanol–water partition coefficient (Wildman–Crippen LogP) is 4.03. The molecule has 2 heterocycles. The summed E-state index contributed by atoms with van der Waals surface area (Å²) >= 11 is 0. The minimum absolute atomic E-state index is 0.207. The Morgan fingerprint density at radius 2 is 2.00 bits per heavy atom. The number of aliphatic imine (C=N–C) groups is 1. The van der Waals surface area contributed by atoms with Gasteiger partial charge in [-0.15, -0.1) is 0 Å². The van der Waals surface area contributed by atoms with Crippen molar-refractivity contribution in [1.82, 2.24) is 20.4 Å². The van der Waals surface area contributed by atoms with Gasteiger partial charge in [0.1, 0.15) is 12.4 Å². The van der Waals surface area contributed by atoms with E-state index in [4.69, 9.17) is 10.2 Å². The number of H-pyrrole nitrogens is 1. The third kappa shape index (κ3) is 6.20. The molecule has 0 bridgehead atoms. The number of aryl methyl sites for hydroxylation is 1. The van der Waals surface area contributed by atoms with Gasteiger partial charge >= 0.3 is 0 Å². The lowest BCUT2D eigenvalue weighted by molar-refractivity contribution is -0.135. The number of aromatic nitrogens is 2. The summed E-state index contributed by atoms with van der Waals surface area (Å²) in [5, 5.41) is 20.4. The minimum Gasteiger partial charge on any atom is -0.387 e. The lowest BCUT2D eigenvalue weighted by Crippen LogP contribution is -2.39. The molecule has 3 N–H and O–H groups in total. The smallest absolute Gasteiger partial charge is 0.248 e. The Bertz CT molecular complexity index is 1030. The summed E-state index contributed by atoms with van der Waals surface area (Å²) in [6, 6.07) is 8.65. The van der Waals surface area contributed by atoms with Crippen LogP contribution in [0, 0.1) is 6.92 Å². The minimum atomic E-state index is -0.435. The topological polar surface area (TPSA) is 93.6 Å². The predicted molar refractivity (Wildman–Crippen MR) is 134 cm³/mol. The molecule has 1 fully saturated rings. The van der Waals surface area contributed by atoms with Gasteiger partial charge in [0.05, 0.1) is 5.69 Å². The summed E-state index contributed by atoms with van der Waals surface area (Å²) in [4.78, 5) is 18.0. The van der Waals surface area contributed by atoms with Crippen LogP contribution in [0.4, 0.5) is 0 Å². The zero-order chi connectivity index (χ0) is 24.0. The van der Waals surface area contributed by atoms with Gasteiger partial charge < -0.3 is 15.3 Å². The molecule has 1 aromatic carbocycles. The molecule has 0 aliphatic carbocycles. The van der Waals surface area contributed by atoms with Gasteiger partial charge in [-0.05, 0) is 52.2 Å². The van der Waals surface area contributed by atoms with E-state index < -0.39 is 6.61 Å². The normalized spacial score (nSPS) is 15.5. The van der Waals surface area contributed by atoms with Gasteiger partial charge in [0.15, 0.2) is 0 Å². The number of carbonyl (C=O) groups excluding carboxylic acids is 1. The number of hydrogen-bond donors (Lipinski definition) is 3. The SMILES string of the molecule is C=C(/N=C\C=C(/C)c1c(-c2ccc(C)cc2)n[nH]c1C1CCN(C(=O)CO)CC1)NC(C)C. The van der Waals surface area contributed by atoms with Crippen molar-refractivity contribution in [2.45, 2.75) is 52.5 Å². The Morgan fingerprint density at radius 1 is 1.33 bits per heavy atom. The highest BCUT2D eigenvalue weighted by atomic mass is 16.3. The molecular formula is C26H35N5O2. The molecule has 1 aromatic heterocycles. The van der Waals surface area contributed by atoms with E-state index in [0.717, 1.165) is 40.9 Å². The third-order valence-electron chi connectivity index (χ3n) is 5.92. The number of aromatic amines is 1. The molecule has 1 saturated heterocycles. The first-order chi connectivity index (χ1) is 15.8. The van der Waals surface area contributed by atoms with Crippen molar-refractivity contribution in [3.63, 3.8) is 0 Å². The van der Waals surface area contributed by atoms with Gasteiger partial charge in [0, 0.05) is 48.1 Å². The molecule has 176 valence electrons. The summed E-state index contributed by atoms with van der Waals surface area (Å²) in [6.07, 6.45) is 5.41. The number of rotatable bonds is 8. The van der Waals surface area contributed by atoms with E-state index in [1.165, 1.54) is 5.56 Å². The van der Waals surface area contributed by atoms with Crippen LogP contribution in [0.3, 0.4) is 0 Å². The highest BCUT2D eigenvalue weighted by molar-refractivity contribution is 5.89. The van der Waals surface area contributed by atoms with Crippen LogP contribution in [0.1, 0.15) is 56.4 Å². The molecule has 1 amide bonds. The number of benzene rings is 1. The molecule has 0 radical (unpaired) electrons. The summed E-state index contributed by atoms with van der Waals surface area (Å²) in [6.45, 7) is 13.0. The molecule has 0 atom stereocenters. The largest absolute Gasteiger partial charge is 0.387 e. The summed E-state index contributed by atoms with van der Waals surface area (Å²) in [7, 11) is 0. The Labute approximate surface area is 196 Å². The summed E-state index contributed by atoms with van der Waals surface area (Å²) < 4.78 is 0. The summed E-state index contributed by atoms with van der Waals surface area (Å²) in [5.41, 5.74) is 6.40. The maximum absolute atomic E-state index is 11.9. The molecule has 0 saturated carbocycles. The number of nitrogens with one attached hydrogen (secondary N) is 2. The third-order valence-corrected chi connectivity index (χ3v) is 5.92. The number of hydrogen-bond acceptors (Lipinski definition) is 5. The first-order valence-corrected chi connectivity index (χ1v) is 11.5. The number of amides is 1. The second-order valence-electron chi connectivity index (χ2n) is 8.91. The zero-order valence-corrected chi connectivity index (χ0v) is 20.1. The number of likely N-dealkylation sites (tertiary alicyclic amines) is 1. The zero-order valence-electron chi connectivity index (χ0n) is 20.1. The van der Waals surface area contributed by atoms with E-state index in [9.17, 15) is 4.79 Å². The first-order valence-electron chi connectivity index (χ1n) is 11.5. The molecule has 7 nitrogen and oxygen atoms in total. The van der Waals surface area contributed by atoms with E-state index in [-0.39, 0.29) is 17.9 Å². The number of aliphatic hydroxyl groups excluding tert-OH is 1. The van der Waals surface area contributed by atoms with Crippen LogP contribution >= 0.6 is 0 Å². The highest BCUT2D eigenvalue weighted by Crippen LogP contribution is 2.37. The lowest BCUT2D eigenvalue weighted by atomic mass is 9.87. The van der Waals surface area contributed by atoms with E-state index in [0.29, 0.717) is 18.9 Å². The van der Waals surface area contributed by atoms with Crippen LogP contribution in [-0.4, -0.2) is 58.1 Å². The maximum atomic E-state index is 11.9. The van der Waals surface area contributed by atoms with Gasteiger partial charge in [-0.25, -0.2) is 4.99 Å². The number of nitrogens with zero attached hydrogens (tertiary/aromatic N) is 3. The van der Waals surface area contributed by atoms with Crippen LogP contribution in [0.5, 0.6) is 0 Å². The van der Waals surface area contributed by atoms with E-state index >= 15 is 0 Å². The number of aliphatic hydroxyl groups is 1. The average Bonchev–Trinajstić information content (AvgIpc) is 3.24. The Kier molecular flexibility index (Phi) is 8.22. The molecular weight excluding hydrogens is 414 g/mol. The quantitative estimate of drug-likeness (QED) is 0.531. The molecule has 0 unspecified atom stereocenters. The fourth-order valence-corrected chi connectivity index (χ4v) is 4.18. The Balaban J connectivity index is 1.92. The van der Waals surface area contributed by atoms with Crippen LogP contribution in [0.25, 0.3) is 16.8 Å². The fraction of sp³-hybridized carbons (Fsp3) is 0.423. The van der Waals surface area contributed by atoms with Gasteiger partial charge in [-0.3, -0.25) is 9.89 Å². The number of allylic oxidation sites excluding steroid dienone is 2. The van der Waals surface area contributed by atoms with E-state index in [2.05, 4.69) is 60.1 Å². The Hall–Kier alpha value is -3.19. The molecule has 0 spiro atoms. The van der Waals surface area contributed by atoms with Crippen LogP contribution < -0.4 is 5.32 Å². The van der Waals surface area contributed by atoms with Crippen molar-refractivity contribution >= 4 is 17.7 Å². The number of piperidine rings is 1.